The van der Waals surface area contributed by atoms with Gasteiger partial charge in [-0.2, -0.15) is 0 Å². The highest BCUT2D eigenvalue weighted by atomic mass is 35.5. The van der Waals surface area contributed by atoms with Gasteiger partial charge in [0.1, 0.15) is 0 Å². The van der Waals surface area contributed by atoms with Crippen molar-refractivity contribution in [2.45, 2.75) is 20.3 Å². The number of halogens is 3. The van der Waals surface area contributed by atoms with E-state index in [0.29, 0.717) is 26.4 Å². The maximum absolute atomic E-state index is 12.2. The number of nitrogens with zero attached hydrogens (tertiary/aromatic N) is 1. The SMILES string of the molecule is CC(=O)N(CCC(=O)Nc1cc(Cl)ccc1C)c1c(Cl)cccc1Cl. The fraction of sp³-hybridized carbons (Fsp3) is 0.222. The van der Waals surface area contributed by atoms with E-state index < -0.39 is 0 Å². The third-order valence-corrected chi connectivity index (χ3v) is 4.47. The molecular formula is C18H17Cl3N2O2. The predicted octanol–water partition coefficient (Wildman–Crippen LogP) is 5.34. The number of carbonyl (C=O) groups is 2. The van der Waals surface area contributed by atoms with Crippen LogP contribution in [0.25, 0.3) is 0 Å². The first-order chi connectivity index (χ1) is 11.8. The Bertz CT molecular complexity index is 789. The molecule has 25 heavy (non-hydrogen) atoms. The zero-order chi connectivity index (χ0) is 18.6. The molecule has 0 aliphatic heterocycles. The van der Waals surface area contributed by atoms with E-state index >= 15 is 0 Å². The van der Waals surface area contributed by atoms with E-state index in [4.69, 9.17) is 34.8 Å². The highest BCUT2D eigenvalue weighted by molar-refractivity contribution is 6.39. The summed E-state index contributed by atoms with van der Waals surface area (Å²) >= 11 is 18.3. The molecule has 4 nitrogen and oxygen atoms in total. The van der Waals surface area contributed by atoms with E-state index in [0.717, 1.165) is 5.56 Å². The molecular weight excluding hydrogens is 383 g/mol. The van der Waals surface area contributed by atoms with Gasteiger partial charge >= 0.3 is 0 Å². The summed E-state index contributed by atoms with van der Waals surface area (Å²) in [5.74, 6) is -0.485. The van der Waals surface area contributed by atoms with Gasteiger partial charge in [-0.25, -0.2) is 0 Å². The lowest BCUT2D eigenvalue weighted by atomic mass is 10.2. The van der Waals surface area contributed by atoms with E-state index in [1.54, 1.807) is 30.3 Å². The third-order valence-electron chi connectivity index (χ3n) is 3.62. The van der Waals surface area contributed by atoms with Crippen LogP contribution < -0.4 is 10.2 Å². The van der Waals surface area contributed by atoms with Crippen LogP contribution in [0.4, 0.5) is 11.4 Å². The summed E-state index contributed by atoms with van der Waals surface area (Å²) in [7, 11) is 0. The molecule has 0 radical (unpaired) electrons. The van der Waals surface area contributed by atoms with Crippen LogP contribution in [0.1, 0.15) is 18.9 Å². The molecule has 0 unspecified atom stereocenters. The maximum Gasteiger partial charge on any atom is 0.226 e. The summed E-state index contributed by atoms with van der Waals surface area (Å²) < 4.78 is 0. The first-order valence-corrected chi connectivity index (χ1v) is 8.71. The molecule has 0 heterocycles. The van der Waals surface area contributed by atoms with Crippen LogP contribution in [0.3, 0.4) is 0 Å². The summed E-state index contributed by atoms with van der Waals surface area (Å²) in [5.41, 5.74) is 1.95. The Morgan fingerprint density at radius 3 is 2.32 bits per heavy atom. The van der Waals surface area contributed by atoms with Crippen molar-refractivity contribution in [3.63, 3.8) is 0 Å². The Balaban J connectivity index is 2.10. The van der Waals surface area contributed by atoms with Gasteiger partial charge < -0.3 is 10.2 Å². The number of hydrogen-bond donors (Lipinski definition) is 1. The van der Waals surface area contributed by atoms with Crippen LogP contribution in [-0.2, 0) is 9.59 Å². The van der Waals surface area contributed by atoms with Crippen molar-refractivity contribution in [3.05, 3.63) is 57.0 Å². The van der Waals surface area contributed by atoms with Crippen LogP contribution in [0, 0.1) is 6.92 Å². The van der Waals surface area contributed by atoms with Gasteiger partial charge in [-0.1, -0.05) is 46.9 Å². The minimum absolute atomic E-state index is 0.0904. The minimum atomic E-state index is -0.248. The molecule has 2 aromatic rings. The molecule has 0 saturated heterocycles. The first-order valence-electron chi connectivity index (χ1n) is 7.57. The Hall–Kier alpha value is -1.75. The van der Waals surface area contributed by atoms with Gasteiger partial charge in [-0.05, 0) is 36.8 Å². The molecule has 132 valence electrons. The summed E-state index contributed by atoms with van der Waals surface area (Å²) in [5, 5.41) is 4.05. The molecule has 0 bridgehead atoms. The molecule has 0 aliphatic carbocycles. The van der Waals surface area contributed by atoms with Gasteiger partial charge in [0, 0.05) is 30.6 Å². The van der Waals surface area contributed by atoms with E-state index in [-0.39, 0.29) is 24.8 Å². The van der Waals surface area contributed by atoms with Crippen LogP contribution >= 0.6 is 34.8 Å². The molecule has 0 atom stereocenters. The Morgan fingerprint density at radius 2 is 1.72 bits per heavy atom. The van der Waals surface area contributed by atoms with Gasteiger partial charge in [0.25, 0.3) is 0 Å². The fourth-order valence-corrected chi connectivity index (χ4v) is 3.10. The van der Waals surface area contributed by atoms with E-state index in [1.807, 2.05) is 13.0 Å². The molecule has 2 amide bonds. The van der Waals surface area contributed by atoms with Crippen molar-refractivity contribution in [2.24, 2.45) is 0 Å². The lowest BCUT2D eigenvalue weighted by molar-refractivity contribution is -0.117. The van der Waals surface area contributed by atoms with Gasteiger partial charge in [0.15, 0.2) is 0 Å². The molecule has 2 aromatic carbocycles. The van der Waals surface area contributed by atoms with Gasteiger partial charge in [0.05, 0.1) is 15.7 Å². The summed E-state index contributed by atoms with van der Waals surface area (Å²) in [4.78, 5) is 25.6. The van der Waals surface area contributed by atoms with Gasteiger partial charge in [-0.3, -0.25) is 9.59 Å². The Labute approximate surface area is 161 Å². The number of anilines is 2. The van der Waals surface area contributed by atoms with Crippen molar-refractivity contribution >= 4 is 58.0 Å². The largest absolute Gasteiger partial charge is 0.326 e. The predicted molar refractivity (Wildman–Crippen MR) is 104 cm³/mol. The molecule has 2 rings (SSSR count). The van der Waals surface area contributed by atoms with E-state index in [9.17, 15) is 9.59 Å². The lowest BCUT2D eigenvalue weighted by Gasteiger charge is -2.23. The number of aryl methyl sites for hydroxylation is 1. The number of rotatable bonds is 5. The molecule has 0 fully saturated rings. The minimum Gasteiger partial charge on any atom is -0.326 e. The lowest BCUT2D eigenvalue weighted by Crippen LogP contribution is -2.32. The second kappa shape index (κ2) is 8.56. The number of nitrogens with one attached hydrogen (secondary N) is 1. The Morgan fingerprint density at radius 1 is 1.08 bits per heavy atom. The molecule has 0 aromatic heterocycles. The molecule has 0 spiro atoms. The summed E-state index contributed by atoms with van der Waals surface area (Å²) in [6, 6.07) is 10.2. The summed E-state index contributed by atoms with van der Waals surface area (Å²) in [6.07, 6.45) is 0.0904. The fourth-order valence-electron chi connectivity index (χ4n) is 2.33. The quantitative estimate of drug-likeness (QED) is 0.738. The van der Waals surface area contributed by atoms with Crippen LogP contribution in [-0.4, -0.2) is 18.4 Å². The molecule has 0 aliphatic rings. The average Bonchev–Trinajstić information content (AvgIpc) is 2.53. The zero-order valence-corrected chi connectivity index (χ0v) is 16.0. The van der Waals surface area contributed by atoms with Crippen molar-refractivity contribution < 1.29 is 9.59 Å². The molecule has 7 heteroatoms. The number of carbonyl (C=O) groups excluding carboxylic acids is 2. The van der Waals surface area contributed by atoms with Gasteiger partial charge in [0.2, 0.25) is 11.8 Å². The maximum atomic E-state index is 12.2. The van der Waals surface area contributed by atoms with Crippen molar-refractivity contribution in [2.75, 3.05) is 16.8 Å². The zero-order valence-electron chi connectivity index (χ0n) is 13.8. The summed E-state index contributed by atoms with van der Waals surface area (Å²) in [6.45, 7) is 3.43. The van der Waals surface area contributed by atoms with E-state index in [2.05, 4.69) is 5.32 Å². The van der Waals surface area contributed by atoms with Crippen LogP contribution in [0.15, 0.2) is 36.4 Å². The average molecular weight is 400 g/mol. The smallest absolute Gasteiger partial charge is 0.226 e. The number of benzene rings is 2. The second-order valence-corrected chi connectivity index (χ2v) is 6.75. The normalized spacial score (nSPS) is 10.4. The van der Waals surface area contributed by atoms with Crippen molar-refractivity contribution in [1.82, 2.24) is 0 Å². The highest BCUT2D eigenvalue weighted by Crippen LogP contribution is 2.33. The van der Waals surface area contributed by atoms with Crippen molar-refractivity contribution in [3.8, 4) is 0 Å². The second-order valence-electron chi connectivity index (χ2n) is 5.50. The topological polar surface area (TPSA) is 49.4 Å². The molecule has 1 N–H and O–H groups in total. The standard InChI is InChI=1S/C18H17Cl3N2O2/c1-11-6-7-13(19)10-16(11)22-17(25)8-9-23(12(2)24)18-14(20)4-3-5-15(18)21/h3-7,10H,8-9H2,1-2H3,(H,22,25). The van der Waals surface area contributed by atoms with Gasteiger partial charge in [-0.15, -0.1) is 0 Å². The van der Waals surface area contributed by atoms with Crippen LogP contribution in [0.2, 0.25) is 15.1 Å². The highest BCUT2D eigenvalue weighted by Gasteiger charge is 2.19. The number of para-hydroxylation sites is 1. The Kier molecular flexibility index (Phi) is 6.71. The molecule has 0 saturated carbocycles. The number of hydrogen-bond acceptors (Lipinski definition) is 2. The van der Waals surface area contributed by atoms with E-state index in [1.165, 1.54) is 11.8 Å². The van der Waals surface area contributed by atoms with Crippen LogP contribution in [0.5, 0.6) is 0 Å². The van der Waals surface area contributed by atoms with Crippen molar-refractivity contribution in [1.29, 1.82) is 0 Å². The third kappa shape index (κ3) is 5.11. The number of amides is 2. The first kappa shape index (κ1) is 19.6. The monoisotopic (exact) mass is 398 g/mol.